The third-order valence-electron chi connectivity index (χ3n) is 5.00. The van der Waals surface area contributed by atoms with Crippen molar-refractivity contribution in [3.8, 4) is 0 Å². The van der Waals surface area contributed by atoms with Crippen LogP contribution in [-0.4, -0.2) is 53.6 Å². The second-order valence-corrected chi connectivity index (χ2v) is 8.61. The van der Waals surface area contributed by atoms with Crippen LogP contribution in [0, 0.1) is 0 Å². The van der Waals surface area contributed by atoms with Crippen molar-refractivity contribution in [2.45, 2.75) is 0 Å². The van der Waals surface area contributed by atoms with E-state index in [1.807, 2.05) is 0 Å². The van der Waals surface area contributed by atoms with Crippen LogP contribution in [-0.2, 0) is 19.1 Å². The molecule has 8 nitrogen and oxygen atoms in total. The first kappa shape index (κ1) is 21.7. The molecule has 0 aromatic heterocycles. The number of esters is 1. The van der Waals surface area contributed by atoms with Crippen LogP contribution in [0.25, 0.3) is 5.57 Å². The highest BCUT2D eigenvalue weighted by Crippen LogP contribution is 2.44. The Hall–Kier alpha value is -3.50. The Kier molecular flexibility index (Phi) is 5.81. The van der Waals surface area contributed by atoms with E-state index in [0.29, 0.717) is 26.8 Å². The predicted molar refractivity (Wildman–Crippen MR) is 125 cm³/mol. The van der Waals surface area contributed by atoms with Crippen LogP contribution in [0.1, 0.15) is 15.9 Å². The molecule has 0 saturated carbocycles. The third-order valence-corrected chi connectivity index (χ3v) is 6.56. The quantitative estimate of drug-likeness (QED) is 0.420. The number of amides is 3. The van der Waals surface area contributed by atoms with Gasteiger partial charge in [0.15, 0.2) is 0 Å². The minimum atomic E-state index is -0.479. The van der Waals surface area contributed by atoms with Gasteiger partial charge in [-0.15, -0.1) is 0 Å². The van der Waals surface area contributed by atoms with Crippen molar-refractivity contribution in [1.29, 1.82) is 0 Å². The number of benzene rings is 2. The second-order valence-electron chi connectivity index (χ2n) is 6.96. The first-order chi connectivity index (χ1) is 15.3. The van der Waals surface area contributed by atoms with Gasteiger partial charge in [0.1, 0.15) is 10.9 Å². The zero-order chi connectivity index (χ0) is 23.0. The van der Waals surface area contributed by atoms with Gasteiger partial charge < -0.3 is 10.1 Å². The van der Waals surface area contributed by atoms with E-state index in [1.54, 1.807) is 43.4 Å². The molecule has 0 aliphatic carbocycles. The maximum absolute atomic E-state index is 13.3. The molecule has 1 fully saturated rings. The van der Waals surface area contributed by atoms with Gasteiger partial charge in [0, 0.05) is 18.3 Å². The van der Waals surface area contributed by atoms with Crippen LogP contribution in [0.15, 0.2) is 53.4 Å². The summed E-state index contributed by atoms with van der Waals surface area (Å²) in [4.78, 5) is 53.0. The van der Waals surface area contributed by atoms with Crippen LogP contribution in [0.3, 0.4) is 0 Å². The summed E-state index contributed by atoms with van der Waals surface area (Å²) in [7, 11) is 2.85. The lowest BCUT2D eigenvalue weighted by Crippen LogP contribution is -2.35. The molecule has 4 rings (SSSR count). The van der Waals surface area contributed by atoms with Crippen LogP contribution in [0.4, 0.5) is 11.4 Å². The van der Waals surface area contributed by atoms with Crippen molar-refractivity contribution in [1.82, 2.24) is 4.90 Å². The lowest BCUT2D eigenvalue weighted by Gasteiger charge is -2.17. The van der Waals surface area contributed by atoms with Gasteiger partial charge in [-0.05, 0) is 30.3 Å². The lowest BCUT2D eigenvalue weighted by molar-refractivity contribution is -0.121. The molecule has 0 atom stereocenters. The number of hydrogen-bond donors (Lipinski definition) is 1. The monoisotopic (exact) mass is 467 g/mol. The van der Waals surface area contributed by atoms with Crippen LogP contribution in [0.5, 0.6) is 0 Å². The Bertz CT molecular complexity index is 1210. The van der Waals surface area contributed by atoms with E-state index in [1.165, 1.54) is 29.0 Å². The fourth-order valence-corrected chi connectivity index (χ4v) is 4.65. The maximum atomic E-state index is 13.3. The number of carbonyl (C=O) groups excluding carboxylic acids is 4. The molecule has 2 aliphatic heterocycles. The molecule has 32 heavy (non-hydrogen) atoms. The smallest absolute Gasteiger partial charge is 0.337 e. The van der Waals surface area contributed by atoms with E-state index in [2.05, 4.69) is 10.1 Å². The van der Waals surface area contributed by atoms with E-state index in [9.17, 15) is 19.2 Å². The van der Waals surface area contributed by atoms with Gasteiger partial charge >= 0.3 is 5.97 Å². The number of rotatable bonds is 4. The molecule has 2 heterocycles. The molecule has 1 saturated heterocycles. The van der Waals surface area contributed by atoms with Gasteiger partial charge in [-0.3, -0.25) is 24.2 Å². The topological polar surface area (TPSA) is 96.0 Å². The summed E-state index contributed by atoms with van der Waals surface area (Å²) in [5, 5.41) is 2.71. The zero-order valence-corrected chi connectivity index (χ0v) is 18.7. The molecule has 0 radical (unpaired) electrons. The van der Waals surface area contributed by atoms with E-state index >= 15 is 0 Å². The van der Waals surface area contributed by atoms with Crippen molar-refractivity contribution in [2.75, 3.05) is 30.9 Å². The summed E-state index contributed by atoms with van der Waals surface area (Å²) in [5.41, 5.74) is 2.20. The van der Waals surface area contributed by atoms with Crippen molar-refractivity contribution >= 4 is 68.9 Å². The number of fused-ring (bicyclic) bond motifs is 1. The number of ether oxygens (including phenoxy) is 1. The average molecular weight is 468 g/mol. The van der Waals surface area contributed by atoms with Crippen LogP contribution in [0.2, 0.25) is 0 Å². The summed E-state index contributed by atoms with van der Waals surface area (Å²) in [6, 6.07) is 13.2. The molecule has 0 unspecified atom stereocenters. The van der Waals surface area contributed by atoms with Gasteiger partial charge in [0.2, 0.25) is 5.91 Å². The Morgan fingerprint density at radius 2 is 1.75 bits per heavy atom. The van der Waals surface area contributed by atoms with E-state index in [4.69, 9.17) is 12.2 Å². The van der Waals surface area contributed by atoms with Crippen molar-refractivity contribution in [3.05, 3.63) is 64.6 Å². The van der Waals surface area contributed by atoms with E-state index in [0.717, 1.165) is 11.8 Å². The Balaban J connectivity index is 1.58. The summed E-state index contributed by atoms with van der Waals surface area (Å²) in [6.45, 7) is -0.246. The number of carbonyl (C=O) groups is 4. The molecule has 2 aromatic rings. The molecule has 3 amide bonds. The van der Waals surface area contributed by atoms with Crippen molar-refractivity contribution < 1.29 is 23.9 Å². The molecule has 0 bridgehead atoms. The third kappa shape index (κ3) is 3.78. The van der Waals surface area contributed by atoms with Gasteiger partial charge in [-0.1, -0.05) is 42.2 Å². The minimum Gasteiger partial charge on any atom is -0.465 e. The molecule has 0 spiro atoms. The maximum Gasteiger partial charge on any atom is 0.337 e. The Morgan fingerprint density at radius 1 is 1.06 bits per heavy atom. The highest BCUT2D eigenvalue weighted by atomic mass is 32.2. The molecular weight excluding hydrogens is 450 g/mol. The van der Waals surface area contributed by atoms with E-state index < -0.39 is 17.8 Å². The van der Waals surface area contributed by atoms with Crippen molar-refractivity contribution in [2.24, 2.45) is 0 Å². The van der Waals surface area contributed by atoms with Gasteiger partial charge in [-0.25, -0.2) is 4.79 Å². The van der Waals surface area contributed by atoms with Crippen LogP contribution >= 0.6 is 24.0 Å². The average Bonchev–Trinajstić information content (AvgIpc) is 3.21. The number of para-hydroxylation sites is 1. The predicted octanol–water partition coefficient (Wildman–Crippen LogP) is 2.66. The number of thiocarbonyl (C=S) groups is 1. The summed E-state index contributed by atoms with van der Waals surface area (Å²) in [5.74, 6) is -1.68. The number of methoxy groups -OCH3 is 1. The number of hydrogen-bond acceptors (Lipinski definition) is 7. The van der Waals surface area contributed by atoms with Gasteiger partial charge in [0.25, 0.3) is 11.8 Å². The second kappa shape index (κ2) is 8.56. The first-order valence-corrected chi connectivity index (χ1v) is 10.7. The van der Waals surface area contributed by atoms with E-state index in [-0.39, 0.29) is 22.9 Å². The largest absolute Gasteiger partial charge is 0.465 e. The SMILES string of the molecule is COC(=O)c1ccc(NC(=O)CN2C(=O)C(=C3SC(=S)N(C)C3=O)c3ccccc32)cc1. The number of nitrogens with zero attached hydrogens (tertiary/aromatic N) is 2. The fourth-order valence-electron chi connectivity index (χ4n) is 3.40. The standard InChI is InChI=1S/C22H17N3O5S2/c1-24-20(28)18(32-22(24)31)17-14-5-3-4-6-15(14)25(19(17)27)11-16(26)23-13-9-7-12(8-10-13)21(29)30-2/h3-10H,11H2,1-2H3,(H,23,26). The highest BCUT2D eigenvalue weighted by Gasteiger charge is 2.41. The first-order valence-electron chi connectivity index (χ1n) is 9.45. The molecular formula is C22H17N3O5S2. The van der Waals surface area contributed by atoms with Gasteiger partial charge in [0.05, 0.1) is 28.8 Å². The number of anilines is 2. The van der Waals surface area contributed by atoms with Crippen LogP contribution < -0.4 is 10.2 Å². The molecule has 2 aromatic carbocycles. The lowest BCUT2D eigenvalue weighted by atomic mass is 10.1. The summed E-state index contributed by atoms with van der Waals surface area (Å²) < 4.78 is 5.02. The molecule has 1 N–H and O–H groups in total. The summed E-state index contributed by atoms with van der Waals surface area (Å²) in [6.07, 6.45) is 0. The van der Waals surface area contributed by atoms with Crippen molar-refractivity contribution in [3.63, 3.8) is 0 Å². The number of thioether (sulfide) groups is 1. The molecule has 10 heteroatoms. The zero-order valence-electron chi connectivity index (χ0n) is 17.1. The fraction of sp³-hybridized carbons (Fsp3) is 0.136. The normalized spacial score (nSPS) is 17.6. The Morgan fingerprint density at radius 3 is 2.38 bits per heavy atom. The number of likely N-dealkylation sites (N-methyl/N-ethyl adjacent to an activating group) is 1. The highest BCUT2D eigenvalue weighted by molar-refractivity contribution is 8.26. The van der Waals surface area contributed by atoms with Gasteiger partial charge in [-0.2, -0.15) is 0 Å². The summed E-state index contributed by atoms with van der Waals surface area (Å²) >= 11 is 6.27. The number of nitrogens with one attached hydrogen (secondary N) is 1. The molecule has 2 aliphatic rings. The molecule has 162 valence electrons. The Labute approximate surface area is 193 Å². The minimum absolute atomic E-state index is 0.246.